The van der Waals surface area contributed by atoms with Crippen molar-refractivity contribution >= 4 is 0 Å². The highest BCUT2D eigenvalue weighted by Gasteiger charge is 2.11. The molecule has 0 spiro atoms. The molecule has 0 aromatic rings. The van der Waals surface area contributed by atoms with Gasteiger partial charge in [-0.1, -0.05) is 69.4 Å². The lowest BCUT2D eigenvalue weighted by atomic mass is 9.86. The van der Waals surface area contributed by atoms with E-state index >= 15 is 0 Å². The summed E-state index contributed by atoms with van der Waals surface area (Å²) in [5.74, 6) is 0. The fourth-order valence-corrected chi connectivity index (χ4v) is 1.64. The van der Waals surface area contributed by atoms with E-state index in [9.17, 15) is 0 Å². The van der Waals surface area contributed by atoms with Crippen molar-refractivity contribution in [2.45, 2.75) is 54.4 Å². The van der Waals surface area contributed by atoms with Gasteiger partial charge in [0.2, 0.25) is 0 Å². The van der Waals surface area contributed by atoms with Crippen molar-refractivity contribution in [2.75, 3.05) is 0 Å². The molecule has 0 N–H and O–H groups in total. The fraction of sp³-hybridized carbons (Fsp3) is 0.474. The van der Waals surface area contributed by atoms with Gasteiger partial charge in [-0.15, -0.1) is 0 Å². The molecule has 0 saturated heterocycles. The monoisotopic (exact) mass is 258 g/mol. The summed E-state index contributed by atoms with van der Waals surface area (Å²) in [5.41, 5.74) is 5.44. The molecule has 0 radical (unpaired) electrons. The summed E-state index contributed by atoms with van der Waals surface area (Å²) >= 11 is 0. The van der Waals surface area contributed by atoms with Crippen molar-refractivity contribution in [1.82, 2.24) is 0 Å². The summed E-state index contributed by atoms with van der Waals surface area (Å²) < 4.78 is 0. The molecule has 0 rings (SSSR count). The second-order valence-corrected chi connectivity index (χ2v) is 6.56. The zero-order valence-corrected chi connectivity index (χ0v) is 13.6. The number of allylic oxidation sites excluding steroid dienone is 8. The lowest BCUT2D eigenvalue weighted by Gasteiger charge is -2.19. The molecule has 0 nitrogen and oxygen atoms in total. The zero-order chi connectivity index (χ0) is 15.1. The smallest absolute Gasteiger partial charge is 0.0267 e. The van der Waals surface area contributed by atoms with Crippen LogP contribution in [0.5, 0.6) is 0 Å². The first-order chi connectivity index (χ1) is 8.67. The minimum atomic E-state index is 0.358. The molecule has 0 fully saturated rings. The highest BCUT2D eigenvalue weighted by molar-refractivity contribution is 5.42. The largest absolute Gasteiger partial charge is 0.0991 e. The van der Waals surface area contributed by atoms with E-state index in [1.807, 2.05) is 12.2 Å². The summed E-state index contributed by atoms with van der Waals surface area (Å²) in [6, 6.07) is 0. The third-order valence-corrected chi connectivity index (χ3v) is 3.01. The molecule has 0 heteroatoms. The quantitative estimate of drug-likeness (QED) is 0.484. The Morgan fingerprint density at radius 1 is 1.11 bits per heavy atom. The molecule has 0 heterocycles. The lowest BCUT2D eigenvalue weighted by molar-refractivity contribution is 0.378. The summed E-state index contributed by atoms with van der Waals surface area (Å²) in [4.78, 5) is 0. The fourth-order valence-electron chi connectivity index (χ4n) is 1.64. The van der Waals surface area contributed by atoms with E-state index in [1.165, 1.54) is 23.1 Å². The van der Waals surface area contributed by atoms with Gasteiger partial charge in [0, 0.05) is 0 Å². The van der Waals surface area contributed by atoms with Crippen molar-refractivity contribution < 1.29 is 0 Å². The molecular formula is C19H30. The molecule has 19 heavy (non-hydrogen) atoms. The van der Waals surface area contributed by atoms with E-state index in [-0.39, 0.29) is 0 Å². The Labute approximate surface area is 120 Å². The molecule has 0 amide bonds. The average Bonchev–Trinajstić information content (AvgIpc) is 2.25. The predicted molar refractivity (Wildman–Crippen MR) is 89.3 cm³/mol. The summed E-state index contributed by atoms with van der Waals surface area (Å²) in [5, 5.41) is 0. The first-order valence-corrected chi connectivity index (χ1v) is 7.00. The van der Waals surface area contributed by atoms with Crippen LogP contribution in [0.15, 0.2) is 59.8 Å². The Morgan fingerprint density at radius 3 is 2.05 bits per heavy atom. The second-order valence-electron chi connectivity index (χ2n) is 6.56. The minimum Gasteiger partial charge on any atom is -0.0991 e. The van der Waals surface area contributed by atoms with Gasteiger partial charge in [0.05, 0.1) is 0 Å². The van der Waals surface area contributed by atoms with Crippen molar-refractivity contribution in [2.24, 2.45) is 5.41 Å². The molecule has 0 aromatic carbocycles. The molecule has 0 aliphatic heterocycles. The van der Waals surface area contributed by atoms with Crippen molar-refractivity contribution in [3.8, 4) is 0 Å². The Bertz CT molecular complexity index is 402. The lowest BCUT2D eigenvalue weighted by Crippen LogP contribution is -2.05. The molecule has 106 valence electrons. The van der Waals surface area contributed by atoms with Crippen LogP contribution in [0.3, 0.4) is 0 Å². The molecule has 0 bridgehead atoms. The van der Waals surface area contributed by atoms with Crippen molar-refractivity contribution in [3.63, 3.8) is 0 Å². The Kier molecular flexibility index (Phi) is 7.44. The maximum Gasteiger partial charge on any atom is -0.0267 e. The average molecular weight is 258 g/mol. The van der Waals surface area contributed by atoms with Crippen LogP contribution in [0.2, 0.25) is 0 Å². The third kappa shape index (κ3) is 8.42. The third-order valence-electron chi connectivity index (χ3n) is 3.01. The van der Waals surface area contributed by atoms with Gasteiger partial charge in [-0.2, -0.15) is 0 Å². The molecule has 0 unspecified atom stereocenters. The number of hydrogen-bond donors (Lipinski definition) is 0. The van der Waals surface area contributed by atoms with Crippen LogP contribution in [0, 0.1) is 5.41 Å². The van der Waals surface area contributed by atoms with E-state index < -0.39 is 0 Å². The van der Waals surface area contributed by atoms with Gasteiger partial charge in [0.15, 0.2) is 0 Å². The van der Waals surface area contributed by atoms with Crippen LogP contribution < -0.4 is 0 Å². The van der Waals surface area contributed by atoms with Crippen LogP contribution in [-0.2, 0) is 0 Å². The van der Waals surface area contributed by atoms with E-state index in [0.29, 0.717) is 5.41 Å². The number of rotatable bonds is 6. The van der Waals surface area contributed by atoms with Gasteiger partial charge in [-0.3, -0.25) is 0 Å². The normalized spacial score (nSPS) is 12.6. The molecule has 0 saturated carbocycles. The summed E-state index contributed by atoms with van der Waals surface area (Å²) in [6.07, 6.45) is 10.4. The molecule has 0 aromatic heterocycles. The Morgan fingerprint density at radius 2 is 1.68 bits per heavy atom. The molecule has 0 atom stereocenters. The van der Waals surface area contributed by atoms with Gasteiger partial charge in [0.25, 0.3) is 0 Å². The maximum atomic E-state index is 4.11. The zero-order valence-electron chi connectivity index (χ0n) is 13.6. The SMILES string of the molecule is C=C/C=C\C(/C=C(\CCC(C)(C)C)C(=C)C)=C(C)C. The van der Waals surface area contributed by atoms with Crippen LogP contribution in [0.4, 0.5) is 0 Å². The van der Waals surface area contributed by atoms with Gasteiger partial charge in [0.1, 0.15) is 0 Å². The van der Waals surface area contributed by atoms with Crippen molar-refractivity contribution in [3.05, 3.63) is 59.8 Å². The maximum absolute atomic E-state index is 4.11. The van der Waals surface area contributed by atoms with Crippen LogP contribution in [-0.4, -0.2) is 0 Å². The van der Waals surface area contributed by atoms with E-state index in [1.54, 1.807) is 0 Å². The first-order valence-electron chi connectivity index (χ1n) is 7.00. The molecule has 0 aliphatic carbocycles. The van der Waals surface area contributed by atoms with Gasteiger partial charge in [-0.05, 0) is 50.2 Å². The first kappa shape index (κ1) is 17.7. The van der Waals surface area contributed by atoms with Crippen LogP contribution >= 0.6 is 0 Å². The summed E-state index contributed by atoms with van der Waals surface area (Å²) in [6.45, 7) is 21.0. The second kappa shape index (κ2) is 7.99. The molecular weight excluding hydrogens is 228 g/mol. The van der Waals surface area contributed by atoms with Gasteiger partial charge in [-0.25, -0.2) is 0 Å². The predicted octanol–water partition coefficient (Wildman–Crippen LogP) is 6.39. The molecule has 0 aliphatic rings. The van der Waals surface area contributed by atoms with E-state index in [0.717, 1.165) is 12.0 Å². The van der Waals surface area contributed by atoms with Gasteiger partial charge >= 0.3 is 0 Å². The van der Waals surface area contributed by atoms with E-state index in [4.69, 9.17) is 0 Å². The van der Waals surface area contributed by atoms with Crippen LogP contribution in [0.25, 0.3) is 0 Å². The van der Waals surface area contributed by atoms with Gasteiger partial charge < -0.3 is 0 Å². The topological polar surface area (TPSA) is 0 Å². The minimum absolute atomic E-state index is 0.358. The number of hydrogen-bond acceptors (Lipinski definition) is 0. The highest BCUT2D eigenvalue weighted by Crippen LogP contribution is 2.27. The Balaban J connectivity index is 5.20. The van der Waals surface area contributed by atoms with E-state index in [2.05, 4.69) is 66.9 Å². The van der Waals surface area contributed by atoms with Crippen LogP contribution in [0.1, 0.15) is 54.4 Å². The Hall–Kier alpha value is -1.30. The summed E-state index contributed by atoms with van der Waals surface area (Å²) in [7, 11) is 0. The van der Waals surface area contributed by atoms with Crippen molar-refractivity contribution in [1.29, 1.82) is 0 Å². The highest BCUT2D eigenvalue weighted by atomic mass is 14.2. The standard InChI is InChI=1S/C19H30/c1-9-10-11-17(15(2)3)14-18(16(4)5)12-13-19(6,7)8/h9-11,14H,1,4,12-13H2,2-3,5-8H3/b11-10-,18-14+.